The van der Waals surface area contributed by atoms with Gasteiger partial charge in [-0.3, -0.25) is 9.59 Å². The number of nitrogens with one attached hydrogen (secondary N) is 1. The van der Waals surface area contributed by atoms with E-state index in [4.69, 9.17) is 5.11 Å². The number of amides is 1. The van der Waals surface area contributed by atoms with Crippen LogP contribution in [0.15, 0.2) is 20.7 Å². The highest BCUT2D eigenvalue weighted by Crippen LogP contribution is 2.30. The van der Waals surface area contributed by atoms with Crippen molar-refractivity contribution in [1.82, 2.24) is 5.32 Å². The summed E-state index contributed by atoms with van der Waals surface area (Å²) >= 11 is 3.73. The molecular formula is C12H8BrF2N3O4S. The molecule has 1 saturated heterocycles. The third kappa shape index (κ3) is 4.05. The molecule has 1 fully saturated rings. The van der Waals surface area contributed by atoms with E-state index in [2.05, 4.69) is 31.4 Å². The minimum atomic E-state index is -1.43. The molecule has 1 aliphatic heterocycles. The van der Waals surface area contributed by atoms with Gasteiger partial charge >= 0.3 is 5.97 Å². The van der Waals surface area contributed by atoms with E-state index in [9.17, 15) is 23.5 Å². The molecule has 0 bridgehead atoms. The van der Waals surface area contributed by atoms with Gasteiger partial charge in [-0.1, -0.05) is 11.8 Å². The standard InChI is InChI=1S/C12H8BrF2N3O4S/c13-5-1-4(8(14)9(15)10(5)21)3-16-18-12-17-11(22)6(23-12)2-7(19)20/h1,3,6,21H,2H2,(H,19,20)(H,17,18,22). The van der Waals surface area contributed by atoms with Crippen LogP contribution < -0.4 is 5.32 Å². The van der Waals surface area contributed by atoms with Gasteiger partial charge in [-0.25, -0.2) is 4.39 Å². The molecule has 1 aromatic rings. The molecule has 122 valence electrons. The first-order valence-electron chi connectivity index (χ1n) is 5.96. The van der Waals surface area contributed by atoms with E-state index in [-0.39, 0.29) is 21.6 Å². The quantitative estimate of drug-likeness (QED) is 0.400. The number of hydrogen-bond donors (Lipinski definition) is 3. The summed E-state index contributed by atoms with van der Waals surface area (Å²) in [5.41, 5.74) is -0.270. The third-order valence-electron chi connectivity index (χ3n) is 2.64. The van der Waals surface area contributed by atoms with Crippen molar-refractivity contribution in [1.29, 1.82) is 0 Å². The molecule has 0 saturated carbocycles. The van der Waals surface area contributed by atoms with Crippen LogP contribution in [0.1, 0.15) is 12.0 Å². The van der Waals surface area contributed by atoms with Gasteiger partial charge < -0.3 is 15.5 Å². The van der Waals surface area contributed by atoms with Crippen LogP contribution >= 0.6 is 27.7 Å². The van der Waals surface area contributed by atoms with Gasteiger partial charge in [-0.05, 0) is 22.0 Å². The van der Waals surface area contributed by atoms with Crippen LogP contribution in [0.3, 0.4) is 0 Å². The molecule has 1 unspecified atom stereocenters. The molecule has 1 heterocycles. The lowest BCUT2D eigenvalue weighted by Crippen LogP contribution is -2.26. The van der Waals surface area contributed by atoms with Crippen molar-refractivity contribution in [2.24, 2.45) is 10.2 Å². The monoisotopic (exact) mass is 407 g/mol. The number of nitrogens with zero attached hydrogens (tertiary/aromatic N) is 2. The summed E-state index contributed by atoms with van der Waals surface area (Å²) in [4.78, 5) is 22.0. The van der Waals surface area contributed by atoms with Crippen molar-refractivity contribution in [2.75, 3.05) is 0 Å². The Labute approximate surface area is 140 Å². The number of rotatable bonds is 4. The lowest BCUT2D eigenvalue weighted by molar-refractivity contribution is -0.138. The fraction of sp³-hybridized carbons (Fsp3) is 0.167. The van der Waals surface area contributed by atoms with E-state index in [1.165, 1.54) is 0 Å². The first-order chi connectivity index (χ1) is 10.8. The second-order valence-electron chi connectivity index (χ2n) is 4.27. The van der Waals surface area contributed by atoms with Crippen LogP contribution in [0.25, 0.3) is 0 Å². The molecule has 7 nitrogen and oxygen atoms in total. The van der Waals surface area contributed by atoms with Crippen LogP contribution in [-0.4, -0.2) is 38.7 Å². The van der Waals surface area contributed by atoms with Crippen LogP contribution in [0, 0.1) is 11.6 Å². The van der Waals surface area contributed by atoms with Gasteiger partial charge in [0.05, 0.1) is 17.1 Å². The molecule has 23 heavy (non-hydrogen) atoms. The number of phenolic OH excluding ortho intramolecular Hbond substituents is 1. The highest BCUT2D eigenvalue weighted by Gasteiger charge is 2.32. The fourth-order valence-corrected chi connectivity index (χ4v) is 2.92. The Morgan fingerprint density at radius 1 is 1.48 bits per heavy atom. The highest BCUT2D eigenvalue weighted by atomic mass is 79.9. The number of benzene rings is 1. The van der Waals surface area contributed by atoms with Crippen molar-refractivity contribution in [3.63, 3.8) is 0 Å². The number of carboxylic acids is 1. The summed E-state index contributed by atoms with van der Waals surface area (Å²) in [6.45, 7) is 0. The molecule has 1 atom stereocenters. The zero-order valence-electron chi connectivity index (χ0n) is 11.1. The zero-order chi connectivity index (χ0) is 17.1. The number of thioether (sulfide) groups is 1. The Balaban J connectivity index is 2.13. The normalized spacial score (nSPS) is 19.5. The smallest absolute Gasteiger partial charge is 0.305 e. The van der Waals surface area contributed by atoms with E-state index in [1.807, 2.05) is 0 Å². The first kappa shape index (κ1) is 17.3. The van der Waals surface area contributed by atoms with Crippen LogP contribution in [0.2, 0.25) is 0 Å². The van der Waals surface area contributed by atoms with Gasteiger partial charge in [0.15, 0.2) is 16.7 Å². The minimum absolute atomic E-state index is 0.0521. The predicted molar refractivity (Wildman–Crippen MR) is 82.5 cm³/mol. The Kier molecular flexibility index (Phi) is 5.31. The molecule has 3 N–H and O–H groups in total. The average molecular weight is 408 g/mol. The minimum Gasteiger partial charge on any atom is -0.504 e. The second-order valence-corrected chi connectivity index (χ2v) is 6.31. The zero-order valence-corrected chi connectivity index (χ0v) is 13.5. The second kappa shape index (κ2) is 7.04. The first-order valence-corrected chi connectivity index (χ1v) is 7.63. The number of aromatic hydroxyl groups is 1. The van der Waals surface area contributed by atoms with Crippen molar-refractivity contribution in [3.8, 4) is 5.75 Å². The summed E-state index contributed by atoms with van der Waals surface area (Å²) in [7, 11) is 0. The summed E-state index contributed by atoms with van der Waals surface area (Å²) in [5.74, 6) is -5.24. The summed E-state index contributed by atoms with van der Waals surface area (Å²) < 4.78 is 26.9. The maximum Gasteiger partial charge on any atom is 0.305 e. The van der Waals surface area contributed by atoms with Crippen LogP contribution in [0.4, 0.5) is 8.78 Å². The number of aliphatic carboxylic acids is 1. The van der Waals surface area contributed by atoms with E-state index in [0.717, 1.165) is 24.0 Å². The lowest BCUT2D eigenvalue weighted by atomic mass is 10.2. The molecular weight excluding hydrogens is 400 g/mol. The van der Waals surface area contributed by atoms with Gasteiger partial charge in [0.2, 0.25) is 11.7 Å². The van der Waals surface area contributed by atoms with Crippen molar-refractivity contribution in [3.05, 3.63) is 27.7 Å². The predicted octanol–water partition coefficient (Wildman–Crippen LogP) is 1.83. The number of carbonyl (C=O) groups is 2. The molecule has 2 rings (SSSR count). The van der Waals surface area contributed by atoms with Gasteiger partial charge in [-0.15, -0.1) is 5.10 Å². The molecule has 1 aliphatic rings. The largest absolute Gasteiger partial charge is 0.504 e. The average Bonchev–Trinajstić information content (AvgIpc) is 2.81. The van der Waals surface area contributed by atoms with E-state index < -0.39 is 34.5 Å². The number of amidine groups is 1. The molecule has 1 aromatic carbocycles. The van der Waals surface area contributed by atoms with Crippen molar-refractivity contribution >= 4 is 51.0 Å². The van der Waals surface area contributed by atoms with E-state index >= 15 is 0 Å². The summed E-state index contributed by atoms with van der Waals surface area (Å²) in [6.07, 6.45) is 0.525. The molecule has 0 radical (unpaired) electrons. The molecule has 11 heteroatoms. The maximum atomic E-state index is 13.6. The Hall–Kier alpha value is -2.01. The number of carboxylic acid groups (broad SMARTS) is 1. The Morgan fingerprint density at radius 3 is 2.83 bits per heavy atom. The number of hydrogen-bond acceptors (Lipinski definition) is 6. The van der Waals surface area contributed by atoms with Crippen molar-refractivity contribution < 1.29 is 28.6 Å². The van der Waals surface area contributed by atoms with Gasteiger partial charge in [0.1, 0.15) is 5.25 Å². The fourth-order valence-electron chi connectivity index (χ4n) is 1.59. The van der Waals surface area contributed by atoms with Crippen LogP contribution in [0.5, 0.6) is 5.75 Å². The molecule has 0 spiro atoms. The summed E-state index contributed by atoms with van der Waals surface area (Å²) in [6, 6.07) is 1.10. The Morgan fingerprint density at radius 2 is 2.17 bits per heavy atom. The lowest BCUT2D eigenvalue weighted by Gasteiger charge is -2.02. The SMILES string of the molecule is O=C(O)CC1SC(=NN=Cc2cc(Br)c(O)c(F)c2F)NC1=O. The summed E-state index contributed by atoms with van der Waals surface area (Å²) in [5, 5.41) is 26.5. The molecule has 1 amide bonds. The number of carbonyl (C=O) groups excluding carboxylic acids is 1. The van der Waals surface area contributed by atoms with Gasteiger partial charge in [0, 0.05) is 5.56 Å². The number of halogens is 3. The molecule has 0 aliphatic carbocycles. The highest BCUT2D eigenvalue weighted by molar-refractivity contribution is 9.10. The van der Waals surface area contributed by atoms with Gasteiger partial charge in [-0.2, -0.15) is 9.49 Å². The Bertz CT molecular complexity index is 742. The molecule has 0 aromatic heterocycles. The van der Waals surface area contributed by atoms with E-state index in [0.29, 0.717) is 0 Å². The van der Waals surface area contributed by atoms with Gasteiger partial charge in [0.25, 0.3) is 0 Å². The number of phenols is 1. The topological polar surface area (TPSA) is 111 Å². The van der Waals surface area contributed by atoms with Crippen molar-refractivity contribution in [2.45, 2.75) is 11.7 Å². The van der Waals surface area contributed by atoms with Crippen LogP contribution in [-0.2, 0) is 9.59 Å². The third-order valence-corrected chi connectivity index (χ3v) is 4.32. The van der Waals surface area contributed by atoms with E-state index in [1.54, 1.807) is 0 Å². The maximum absolute atomic E-state index is 13.6.